The molecule has 0 radical (unpaired) electrons. The molecule has 1 saturated heterocycles. The second-order valence-electron chi connectivity index (χ2n) is 11.6. The lowest BCUT2D eigenvalue weighted by molar-refractivity contribution is 0.104. The van der Waals surface area contributed by atoms with Crippen LogP contribution in [0.5, 0.6) is 5.75 Å². The lowest BCUT2D eigenvalue weighted by atomic mass is 10.0. The minimum atomic E-state index is -0.0835. The number of likely N-dealkylation sites (N-methyl/N-ethyl adjacent to an activating group) is 1. The number of likely N-dealkylation sites (tertiary alicyclic amines) is 1. The highest BCUT2D eigenvalue weighted by Crippen LogP contribution is 2.36. The maximum absolute atomic E-state index is 14.1. The molecule has 2 aromatic carbocycles. The average Bonchev–Trinajstić information content (AvgIpc) is 3.73. The second kappa shape index (κ2) is 11.1. The van der Waals surface area contributed by atoms with Crippen LogP contribution in [0.1, 0.15) is 43.0 Å². The largest absolute Gasteiger partial charge is 0.489 e. The third kappa shape index (κ3) is 5.39. The van der Waals surface area contributed by atoms with Crippen molar-refractivity contribution in [2.45, 2.75) is 51.3 Å². The molecule has 5 aromatic rings. The SMILES string of the molecule is Cc1ccccc1-c1cc2cnc(Nc3ccc(OC4CCCN(C)C4)cc3)nc2n(Cc2cncn2C2CC2)c1=O. The van der Waals surface area contributed by atoms with Crippen molar-refractivity contribution in [3.63, 3.8) is 0 Å². The fraction of sp³-hybridized carbons (Fsp3) is 0.333. The number of hydrogen-bond acceptors (Lipinski definition) is 7. The first-order valence-electron chi connectivity index (χ1n) is 14.7. The van der Waals surface area contributed by atoms with E-state index in [4.69, 9.17) is 9.72 Å². The van der Waals surface area contributed by atoms with E-state index >= 15 is 0 Å². The summed E-state index contributed by atoms with van der Waals surface area (Å²) in [5.41, 5.74) is 4.95. The van der Waals surface area contributed by atoms with Crippen molar-refractivity contribution < 1.29 is 4.74 Å². The van der Waals surface area contributed by atoms with Gasteiger partial charge in [-0.15, -0.1) is 0 Å². The molecule has 0 spiro atoms. The second-order valence-corrected chi connectivity index (χ2v) is 11.6. The Balaban J connectivity index is 1.22. The van der Waals surface area contributed by atoms with Crippen LogP contribution >= 0.6 is 0 Å². The Bertz CT molecular complexity index is 1790. The van der Waals surface area contributed by atoms with Gasteiger partial charge < -0.3 is 19.5 Å². The fourth-order valence-electron chi connectivity index (χ4n) is 5.89. The number of benzene rings is 2. The van der Waals surface area contributed by atoms with E-state index < -0.39 is 0 Å². The van der Waals surface area contributed by atoms with Gasteiger partial charge in [-0.3, -0.25) is 9.36 Å². The molecule has 0 amide bonds. The van der Waals surface area contributed by atoms with Crippen molar-refractivity contribution in [1.29, 1.82) is 0 Å². The Labute approximate surface area is 244 Å². The average molecular weight is 562 g/mol. The molecule has 4 heterocycles. The number of pyridine rings is 1. The number of aromatic nitrogens is 5. The monoisotopic (exact) mass is 561 g/mol. The molecule has 42 heavy (non-hydrogen) atoms. The summed E-state index contributed by atoms with van der Waals surface area (Å²) >= 11 is 0. The van der Waals surface area contributed by atoms with E-state index in [0.717, 1.165) is 72.4 Å². The fourth-order valence-corrected chi connectivity index (χ4v) is 5.89. The minimum Gasteiger partial charge on any atom is -0.489 e. The van der Waals surface area contributed by atoms with E-state index in [0.29, 0.717) is 29.7 Å². The normalized spacial score (nSPS) is 17.4. The van der Waals surface area contributed by atoms with Crippen LogP contribution in [0, 0.1) is 6.92 Å². The molecule has 7 rings (SSSR count). The highest BCUT2D eigenvalue weighted by atomic mass is 16.5. The molecule has 0 bridgehead atoms. The van der Waals surface area contributed by atoms with Gasteiger partial charge in [0.15, 0.2) is 0 Å². The number of fused-ring (bicyclic) bond motifs is 1. The predicted molar refractivity (Wildman–Crippen MR) is 164 cm³/mol. The first kappa shape index (κ1) is 26.4. The number of nitrogens with zero attached hydrogens (tertiary/aromatic N) is 6. The van der Waals surface area contributed by atoms with Crippen LogP contribution in [0.4, 0.5) is 11.6 Å². The first-order chi connectivity index (χ1) is 20.5. The van der Waals surface area contributed by atoms with Crippen molar-refractivity contribution in [3.8, 4) is 16.9 Å². The number of ether oxygens (including phenoxy) is 1. The van der Waals surface area contributed by atoms with Crippen molar-refractivity contribution in [1.82, 2.24) is 29.0 Å². The third-order valence-electron chi connectivity index (χ3n) is 8.26. The predicted octanol–water partition coefficient (Wildman–Crippen LogP) is 5.56. The van der Waals surface area contributed by atoms with Gasteiger partial charge in [-0.2, -0.15) is 4.98 Å². The van der Waals surface area contributed by atoms with Gasteiger partial charge in [-0.05, 0) is 87.7 Å². The molecule has 1 aliphatic heterocycles. The van der Waals surface area contributed by atoms with Crippen molar-refractivity contribution in [3.05, 3.63) is 94.9 Å². The topological polar surface area (TPSA) is 90.1 Å². The molecule has 1 N–H and O–H groups in total. The zero-order valence-electron chi connectivity index (χ0n) is 24.0. The summed E-state index contributed by atoms with van der Waals surface area (Å²) in [6.07, 6.45) is 10.2. The Morgan fingerprint density at radius 1 is 1.02 bits per heavy atom. The highest BCUT2D eigenvalue weighted by molar-refractivity contribution is 5.82. The molecule has 2 fully saturated rings. The van der Waals surface area contributed by atoms with Crippen molar-refractivity contribution in [2.75, 3.05) is 25.5 Å². The van der Waals surface area contributed by atoms with E-state index in [-0.39, 0.29) is 11.7 Å². The maximum atomic E-state index is 14.1. The molecule has 1 saturated carbocycles. The van der Waals surface area contributed by atoms with E-state index in [1.807, 2.05) is 74.0 Å². The molecule has 9 heteroatoms. The summed E-state index contributed by atoms with van der Waals surface area (Å²) < 4.78 is 10.2. The molecule has 214 valence electrons. The molecule has 1 atom stereocenters. The highest BCUT2D eigenvalue weighted by Gasteiger charge is 2.26. The van der Waals surface area contributed by atoms with E-state index in [1.165, 1.54) is 0 Å². The summed E-state index contributed by atoms with van der Waals surface area (Å²) in [6.45, 7) is 4.47. The Morgan fingerprint density at radius 3 is 2.64 bits per heavy atom. The number of imidazole rings is 1. The van der Waals surface area contributed by atoms with Crippen molar-refractivity contribution in [2.24, 2.45) is 0 Å². The minimum absolute atomic E-state index is 0.0835. The number of hydrogen-bond donors (Lipinski definition) is 1. The number of anilines is 2. The standard InChI is InChI=1S/C33H35N7O2/c1-22-6-3-4-8-29(22)30-16-23-17-35-33(36-24-9-13-27(14-10-24)42-28-7-5-15-38(2)20-28)37-31(23)39(32(30)41)19-26-18-34-21-40(26)25-11-12-25/h3-4,6,8-10,13-14,16-18,21,25,28H,5,7,11-12,15,19-20H2,1-2H3,(H,35,36,37). The third-order valence-corrected chi connectivity index (χ3v) is 8.26. The zero-order valence-corrected chi connectivity index (χ0v) is 24.0. The number of aryl methyl sites for hydroxylation is 1. The molecule has 1 aliphatic carbocycles. The van der Waals surface area contributed by atoms with Gasteiger partial charge in [0.1, 0.15) is 17.5 Å². The van der Waals surface area contributed by atoms with Gasteiger partial charge in [0.05, 0.1) is 18.6 Å². The molecular weight excluding hydrogens is 526 g/mol. The summed E-state index contributed by atoms with van der Waals surface area (Å²) in [6, 6.07) is 18.2. The Morgan fingerprint density at radius 2 is 1.86 bits per heavy atom. The van der Waals surface area contributed by atoms with Gasteiger partial charge >= 0.3 is 0 Å². The summed E-state index contributed by atoms with van der Waals surface area (Å²) in [4.78, 5) is 30.3. The van der Waals surface area contributed by atoms with E-state index in [2.05, 4.69) is 31.8 Å². The van der Waals surface area contributed by atoms with E-state index in [1.54, 1.807) is 10.8 Å². The number of piperidine rings is 1. The first-order valence-corrected chi connectivity index (χ1v) is 14.7. The maximum Gasteiger partial charge on any atom is 0.260 e. The van der Waals surface area contributed by atoms with Crippen LogP contribution in [-0.2, 0) is 6.54 Å². The van der Waals surface area contributed by atoms with Crippen LogP contribution in [0.25, 0.3) is 22.2 Å². The van der Waals surface area contributed by atoms with Crippen molar-refractivity contribution >= 4 is 22.7 Å². The molecule has 9 nitrogen and oxygen atoms in total. The molecule has 2 aliphatic rings. The van der Waals surface area contributed by atoms with Crippen LogP contribution in [-0.4, -0.2) is 55.2 Å². The lowest BCUT2D eigenvalue weighted by Crippen LogP contribution is -2.38. The summed E-state index contributed by atoms with van der Waals surface area (Å²) in [5.74, 6) is 1.28. The molecular formula is C33H35N7O2. The molecule has 1 unspecified atom stereocenters. The Kier molecular flexibility index (Phi) is 6.95. The Hall–Kier alpha value is -4.50. The van der Waals surface area contributed by atoms with Crippen LogP contribution < -0.4 is 15.6 Å². The smallest absolute Gasteiger partial charge is 0.260 e. The van der Waals surface area contributed by atoms with Crippen LogP contribution in [0.3, 0.4) is 0 Å². The summed E-state index contributed by atoms with van der Waals surface area (Å²) in [5, 5.41) is 4.12. The number of nitrogens with one attached hydrogen (secondary N) is 1. The van der Waals surface area contributed by atoms with Gasteiger partial charge in [-0.1, -0.05) is 24.3 Å². The van der Waals surface area contributed by atoms with Gasteiger partial charge in [0, 0.05) is 41.6 Å². The van der Waals surface area contributed by atoms with E-state index in [9.17, 15) is 4.79 Å². The molecule has 3 aromatic heterocycles. The number of rotatable bonds is 8. The summed E-state index contributed by atoms with van der Waals surface area (Å²) in [7, 11) is 2.14. The quantitative estimate of drug-likeness (QED) is 0.265. The van der Waals surface area contributed by atoms with Gasteiger partial charge in [-0.25, -0.2) is 9.97 Å². The van der Waals surface area contributed by atoms with Gasteiger partial charge in [0.25, 0.3) is 5.56 Å². The van der Waals surface area contributed by atoms with Crippen LogP contribution in [0.15, 0.2) is 78.1 Å². The zero-order chi connectivity index (χ0) is 28.6. The van der Waals surface area contributed by atoms with Crippen LogP contribution in [0.2, 0.25) is 0 Å². The van der Waals surface area contributed by atoms with Gasteiger partial charge in [0.2, 0.25) is 5.95 Å². The lowest BCUT2D eigenvalue weighted by Gasteiger charge is -2.30.